The molecule has 5 heteroatoms. The van der Waals surface area contributed by atoms with Crippen LogP contribution in [0.4, 0.5) is 5.69 Å². The lowest BCUT2D eigenvalue weighted by Gasteiger charge is -2.36. The molecule has 0 bridgehead atoms. The van der Waals surface area contributed by atoms with E-state index < -0.39 is 0 Å². The molecule has 0 unspecified atom stereocenters. The summed E-state index contributed by atoms with van der Waals surface area (Å²) < 4.78 is 0. The molecule has 3 rings (SSSR count). The van der Waals surface area contributed by atoms with E-state index in [9.17, 15) is 0 Å². The van der Waals surface area contributed by atoms with Gasteiger partial charge in [-0.3, -0.25) is 4.98 Å². The molecule has 0 aliphatic heterocycles. The molecule has 1 N–H and O–H groups in total. The maximum atomic E-state index is 6.09. The number of pyridine rings is 1. The third kappa shape index (κ3) is 5.41. The van der Waals surface area contributed by atoms with Crippen LogP contribution in [0.2, 0.25) is 5.02 Å². The SMILES string of the molecule is S=C(Nc1cccc(Cl)c1)N(CCc1ccncc1)C1CCCCC1. The molecule has 1 aromatic heterocycles. The Kier molecular flexibility index (Phi) is 6.65. The third-order valence-electron chi connectivity index (χ3n) is 4.74. The zero-order valence-corrected chi connectivity index (χ0v) is 15.9. The van der Waals surface area contributed by atoms with Gasteiger partial charge in [-0.2, -0.15) is 0 Å². The molecular weight excluding hydrogens is 350 g/mol. The van der Waals surface area contributed by atoms with Gasteiger partial charge in [-0.05, 0) is 67.4 Å². The van der Waals surface area contributed by atoms with Crippen molar-refractivity contribution in [3.8, 4) is 0 Å². The monoisotopic (exact) mass is 373 g/mol. The number of nitrogens with zero attached hydrogens (tertiary/aromatic N) is 2. The lowest BCUT2D eigenvalue weighted by Crippen LogP contribution is -2.44. The van der Waals surface area contributed by atoms with Crippen LogP contribution in [-0.2, 0) is 6.42 Å². The Morgan fingerprint density at radius 2 is 1.92 bits per heavy atom. The molecule has 0 atom stereocenters. The minimum Gasteiger partial charge on any atom is -0.346 e. The fraction of sp³-hybridized carbons (Fsp3) is 0.400. The molecule has 0 radical (unpaired) electrons. The van der Waals surface area contributed by atoms with Crippen molar-refractivity contribution in [1.82, 2.24) is 9.88 Å². The topological polar surface area (TPSA) is 28.2 Å². The zero-order chi connectivity index (χ0) is 17.5. The Morgan fingerprint density at radius 1 is 1.16 bits per heavy atom. The number of anilines is 1. The first-order valence-corrected chi connectivity index (χ1v) is 9.73. The third-order valence-corrected chi connectivity index (χ3v) is 5.31. The van der Waals surface area contributed by atoms with Gasteiger partial charge in [-0.1, -0.05) is 36.9 Å². The first kappa shape index (κ1) is 18.2. The Morgan fingerprint density at radius 3 is 2.64 bits per heavy atom. The molecule has 1 aliphatic carbocycles. The molecule has 1 fully saturated rings. The van der Waals surface area contributed by atoms with Gasteiger partial charge in [-0.25, -0.2) is 0 Å². The highest BCUT2D eigenvalue weighted by Crippen LogP contribution is 2.24. The summed E-state index contributed by atoms with van der Waals surface area (Å²) in [5.41, 5.74) is 2.24. The minimum atomic E-state index is 0.523. The normalized spacial score (nSPS) is 14.9. The largest absolute Gasteiger partial charge is 0.346 e. The van der Waals surface area contributed by atoms with E-state index >= 15 is 0 Å². The van der Waals surface area contributed by atoms with Gasteiger partial charge in [0.2, 0.25) is 0 Å². The van der Waals surface area contributed by atoms with Crippen molar-refractivity contribution >= 4 is 34.6 Å². The van der Waals surface area contributed by atoms with E-state index in [2.05, 4.69) is 27.3 Å². The van der Waals surface area contributed by atoms with Crippen molar-refractivity contribution in [3.05, 3.63) is 59.4 Å². The summed E-state index contributed by atoms with van der Waals surface area (Å²) in [6, 6.07) is 12.4. The van der Waals surface area contributed by atoms with Gasteiger partial charge in [0.15, 0.2) is 5.11 Å². The predicted octanol–water partition coefficient (Wildman–Crippen LogP) is 5.31. The summed E-state index contributed by atoms with van der Waals surface area (Å²) in [6.45, 7) is 0.918. The van der Waals surface area contributed by atoms with Crippen LogP contribution in [0.3, 0.4) is 0 Å². The first-order chi connectivity index (χ1) is 12.2. The van der Waals surface area contributed by atoms with Crippen molar-refractivity contribution in [2.75, 3.05) is 11.9 Å². The Hall–Kier alpha value is -1.65. The summed E-state index contributed by atoms with van der Waals surface area (Å²) in [5, 5.41) is 4.89. The van der Waals surface area contributed by atoms with Crippen LogP contribution in [0.5, 0.6) is 0 Å². The first-order valence-electron chi connectivity index (χ1n) is 8.94. The number of thiocarbonyl (C=S) groups is 1. The second kappa shape index (κ2) is 9.16. The average molecular weight is 374 g/mol. The standard InChI is InChI=1S/C20H24ClN3S/c21-17-5-4-6-18(15-17)23-20(25)24(19-7-2-1-3-8-19)14-11-16-9-12-22-13-10-16/h4-6,9-10,12-13,15,19H,1-3,7-8,11,14H2,(H,23,25). The molecule has 2 aromatic rings. The lowest BCUT2D eigenvalue weighted by molar-refractivity contribution is 0.248. The van der Waals surface area contributed by atoms with E-state index in [0.29, 0.717) is 11.1 Å². The van der Waals surface area contributed by atoms with Gasteiger partial charge in [0.25, 0.3) is 0 Å². The number of benzene rings is 1. The molecule has 132 valence electrons. The Balaban J connectivity index is 1.69. The predicted molar refractivity (Wildman–Crippen MR) is 109 cm³/mol. The van der Waals surface area contributed by atoms with Crippen LogP contribution in [-0.4, -0.2) is 27.6 Å². The van der Waals surface area contributed by atoms with Gasteiger partial charge in [0.05, 0.1) is 0 Å². The van der Waals surface area contributed by atoms with E-state index in [-0.39, 0.29) is 0 Å². The maximum absolute atomic E-state index is 6.09. The highest BCUT2D eigenvalue weighted by molar-refractivity contribution is 7.80. The number of aromatic nitrogens is 1. The molecule has 0 saturated heterocycles. The highest BCUT2D eigenvalue weighted by Gasteiger charge is 2.23. The van der Waals surface area contributed by atoms with Crippen LogP contribution in [0.25, 0.3) is 0 Å². The summed E-state index contributed by atoms with van der Waals surface area (Å²) in [4.78, 5) is 6.47. The van der Waals surface area contributed by atoms with E-state index in [1.165, 1.54) is 37.7 Å². The molecule has 1 saturated carbocycles. The molecule has 1 aromatic carbocycles. The van der Waals surface area contributed by atoms with Crippen molar-refractivity contribution in [2.24, 2.45) is 0 Å². The smallest absolute Gasteiger partial charge is 0.173 e. The summed E-state index contributed by atoms with van der Waals surface area (Å²) >= 11 is 11.9. The molecule has 3 nitrogen and oxygen atoms in total. The molecule has 1 heterocycles. The van der Waals surface area contributed by atoms with E-state index in [4.69, 9.17) is 23.8 Å². The molecule has 0 amide bonds. The van der Waals surface area contributed by atoms with Crippen LogP contribution in [0, 0.1) is 0 Å². The van der Waals surface area contributed by atoms with Crippen molar-refractivity contribution < 1.29 is 0 Å². The van der Waals surface area contributed by atoms with Gasteiger partial charge in [0, 0.05) is 35.7 Å². The van der Waals surface area contributed by atoms with Crippen LogP contribution in [0.15, 0.2) is 48.8 Å². The molecular formula is C20H24ClN3S. The molecule has 1 aliphatic rings. The number of halogens is 1. The van der Waals surface area contributed by atoms with E-state index in [1.54, 1.807) is 0 Å². The van der Waals surface area contributed by atoms with Gasteiger partial charge in [0.1, 0.15) is 0 Å². The number of rotatable bonds is 5. The maximum Gasteiger partial charge on any atom is 0.173 e. The Bertz CT molecular complexity index is 686. The fourth-order valence-corrected chi connectivity index (χ4v) is 3.95. The van der Waals surface area contributed by atoms with Crippen molar-refractivity contribution in [3.63, 3.8) is 0 Å². The van der Waals surface area contributed by atoms with Crippen LogP contribution < -0.4 is 5.32 Å². The molecule has 25 heavy (non-hydrogen) atoms. The summed E-state index contributed by atoms with van der Waals surface area (Å²) in [5.74, 6) is 0. The second-order valence-corrected chi connectivity index (χ2v) is 7.35. The average Bonchev–Trinajstić information content (AvgIpc) is 2.64. The lowest BCUT2D eigenvalue weighted by atomic mass is 9.94. The number of hydrogen-bond acceptors (Lipinski definition) is 2. The highest BCUT2D eigenvalue weighted by atomic mass is 35.5. The summed E-state index contributed by atoms with van der Waals surface area (Å²) in [7, 11) is 0. The summed E-state index contributed by atoms with van der Waals surface area (Å²) in [6.07, 6.45) is 11.0. The van der Waals surface area contributed by atoms with E-state index in [0.717, 1.165) is 23.8 Å². The van der Waals surface area contributed by atoms with Crippen LogP contribution >= 0.6 is 23.8 Å². The fourth-order valence-electron chi connectivity index (χ4n) is 3.40. The quantitative estimate of drug-likeness (QED) is 0.719. The zero-order valence-electron chi connectivity index (χ0n) is 14.3. The van der Waals surface area contributed by atoms with Crippen LogP contribution in [0.1, 0.15) is 37.7 Å². The second-order valence-electron chi connectivity index (χ2n) is 6.53. The van der Waals surface area contributed by atoms with Crippen molar-refractivity contribution in [2.45, 2.75) is 44.6 Å². The minimum absolute atomic E-state index is 0.523. The van der Waals surface area contributed by atoms with Gasteiger partial charge < -0.3 is 10.2 Å². The van der Waals surface area contributed by atoms with E-state index in [1.807, 2.05) is 36.7 Å². The number of hydrogen-bond donors (Lipinski definition) is 1. The molecule has 0 spiro atoms. The van der Waals surface area contributed by atoms with Gasteiger partial charge >= 0.3 is 0 Å². The van der Waals surface area contributed by atoms with Gasteiger partial charge in [-0.15, -0.1) is 0 Å². The van der Waals surface area contributed by atoms with Crippen molar-refractivity contribution in [1.29, 1.82) is 0 Å². The Labute approximate surface area is 160 Å². The number of nitrogens with one attached hydrogen (secondary N) is 1.